The van der Waals surface area contributed by atoms with Gasteiger partial charge in [-0.3, -0.25) is 0 Å². The quantitative estimate of drug-likeness (QED) is 0.917. The van der Waals surface area contributed by atoms with Crippen LogP contribution in [0.5, 0.6) is 5.75 Å². The minimum absolute atomic E-state index is 0.333. The van der Waals surface area contributed by atoms with Gasteiger partial charge in [-0.05, 0) is 39.0 Å². The first-order valence-electron chi connectivity index (χ1n) is 6.20. The second kappa shape index (κ2) is 5.18. The van der Waals surface area contributed by atoms with Gasteiger partial charge in [0.15, 0.2) is 0 Å². The van der Waals surface area contributed by atoms with Gasteiger partial charge < -0.3 is 14.4 Å². The molecule has 100 valence electrons. The fourth-order valence-electron chi connectivity index (χ4n) is 2.26. The molecule has 4 nitrogen and oxygen atoms in total. The highest BCUT2D eigenvalue weighted by Gasteiger charge is 2.15. The van der Waals surface area contributed by atoms with Gasteiger partial charge in [0.2, 0.25) is 0 Å². The molecule has 0 atom stereocenters. The van der Waals surface area contributed by atoms with Crippen molar-refractivity contribution in [2.75, 3.05) is 6.61 Å². The molecule has 0 radical (unpaired) electrons. The van der Waals surface area contributed by atoms with Crippen molar-refractivity contribution in [3.05, 3.63) is 47.3 Å². The van der Waals surface area contributed by atoms with Crippen LogP contribution in [-0.2, 0) is 0 Å². The molecule has 0 aliphatic carbocycles. The Morgan fingerprint density at radius 2 is 2.05 bits per heavy atom. The van der Waals surface area contributed by atoms with Gasteiger partial charge in [-0.2, -0.15) is 0 Å². The summed E-state index contributed by atoms with van der Waals surface area (Å²) in [6.45, 7) is 6.24. The highest BCUT2D eigenvalue weighted by molar-refractivity contribution is 5.89. The number of aromatic carboxylic acids is 1. The van der Waals surface area contributed by atoms with Crippen LogP contribution in [-0.4, -0.2) is 22.2 Å². The van der Waals surface area contributed by atoms with Gasteiger partial charge in [-0.15, -0.1) is 0 Å². The monoisotopic (exact) mass is 259 g/mol. The summed E-state index contributed by atoms with van der Waals surface area (Å²) in [7, 11) is 0. The van der Waals surface area contributed by atoms with Crippen LogP contribution in [0.15, 0.2) is 30.3 Å². The van der Waals surface area contributed by atoms with Crippen molar-refractivity contribution in [3.8, 4) is 11.4 Å². The minimum atomic E-state index is -0.902. The SMILES string of the molecule is CCOc1cccc(-n2c(C)cc(C(=O)O)c2C)c1. The Labute approximate surface area is 112 Å². The topological polar surface area (TPSA) is 51.5 Å². The van der Waals surface area contributed by atoms with E-state index in [0.717, 1.165) is 22.8 Å². The predicted octanol–water partition coefficient (Wildman–Crippen LogP) is 3.19. The molecule has 0 amide bonds. The highest BCUT2D eigenvalue weighted by Crippen LogP contribution is 2.23. The van der Waals surface area contributed by atoms with Crippen molar-refractivity contribution in [2.24, 2.45) is 0 Å². The number of aromatic nitrogens is 1. The van der Waals surface area contributed by atoms with Crippen LogP contribution in [0.1, 0.15) is 28.7 Å². The summed E-state index contributed by atoms with van der Waals surface area (Å²) in [5.41, 5.74) is 2.86. The number of carbonyl (C=O) groups is 1. The maximum Gasteiger partial charge on any atom is 0.337 e. The van der Waals surface area contributed by atoms with E-state index in [2.05, 4.69) is 0 Å². The molecule has 19 heavy (non-hydrogen) atoms. The number of ether oxygens (including phenoxy) is 1. The van der Waals surface area contributed by atoms with Crippen molar-refractivity contribution < 1.29 is 14.6 Å². The van der Waals surface area contributed by atoms with Gasteiger partial charge >= 0.3 is 5.97 Å². The normalized spacial score (nSPS) is 10.5. The fourth-order valence-corrected chi connectivity index (χ4v) is 2.26. The summed E-state index contributed by atoms with van der Waals surface area (Å²) in [6.07, 6.45) is 0. The molecule has 0 spiro atoms. The van der Waals surface area contributed by atoms with E-state index < -0.39 is 5.97 Å². The first kappa shape index (κ1) is 13.2. The smallest absolute Gasteiger partial charge is 0.337 e. The standard InChI is InChI=1S/C15H17NO3/c1-4-19-13-7-5-6-12(9-13)16-10(2)8-14(11(16)3)15(17)18/h5-9H,4H2,1-3H3,(H,17,18). The van der Waals surface area contributed by atoms with Crippen molar-refractivity contribution in [1.29, 1.82) is 0 Å². The lowest BCUT2D eigenvalue weighted by atomic mass is 10.2. The van der Waals surface area contributed by atoms with E-state index in [-0.39, 0.29) is 0 Å². The highest BCUT2D eigenvalue weighted by atomic mass is 16.5. The van der Waals surface area contributed by atoms with Crippen molar-refractivity contribution in [3.63, 3.8) is 0 Å². The zero-order valence-electron chi connectivity index (χ0n) is 11.3. The van der Waals surface area contributed by atoms with Crippen LogP contribution in [0.25, 0.3) is 5.69 Å². The lowest BCUT2D eigenvalue weighted by molar-refractivity contribution is 0.0696. The molecular formula is C15H17NO3. The molecule has 1 aromatic heterocycles. The Morgan fingerprint density at radius 1 is 1.32 bits per heavy atom. The second-order valence-electron chi connectivity index (χ2n) is 4.36. The molecular weight excluding hydrogens is 242 g/mol. The molecule has 1 heterocycles. The van der Waals surface area contributed by atoms with Gasteiger partial charge in [0, 0.05) is 23.1 Å². The first-order valence-corrected chi connectivity index (χ1v) is 6.20. The zero-order chi connectivity index (χ0) is 14.0. The molecule has 0 fully saturated rings. The van der Waals surface area contributed by atoms with E-state index in [1.54, 1.807) is 6.07 Å². The molecule has 4 heteroatoms. The molecule has 0 aliphatic heterocycles. The van der Waals surface area contributed by atoms with Gasteiger partial charge in [-0.1, -0.05) is 6.07 Å². The molecule has 0 saturated heterocycles. The maximum absolute atomic E-state index is 11.2. The largest absolute Gasteiger partial charge is 0.494 e. The van der Waals surface area contributed by atoms with E-state index >= 15 is 0 Å². The second-order valence-corrected chi connectivity index (χ2v) is 4.36. The third kappa shape index (κ3) is 2.47. The van der Waals surface area contributed by atoms with E-state index in [4.69, 9.17) is 9.84 Å². The molecule has 0 unspecified atom stereocenters. The Kier molecular flexibility index (Phi) is 3.60. The lowest BCUT2D eigenvalue weighted by Gasteiger charge is -2.11. The first-order chi connectivity index (χ1) is 9.04. The van der Waals surface area contributed by atoms with Gasteiger partial charge in [0.05, 0.1) is 12.2 Å². The summed E-state index contributed by atoms with van der Waals surface area (Å²) in [5, 5.41) is 9.15. The summed E-state index contributed by atoms with van der Waals surface area (Å²) in [5.74, 6) is -0.121. The van der Waals surface area contributed by atoms with Crippen molar-refractivity contribution in [1.82, 2.24) is 4.57 Å². The summed E-state index contributed by atoms with van der Waals surface area (Å²) < 4.78 is 7.39. The Hall–Kier alpha value is -2.23. The van der Waals surface area contributed by atoms with Gasteiger partial charge in [0.25, 0.3) is 0 Å². The average molecular weight is 259 g/mol. The number of carboxylic acids is 1. The van der Waals surface area contributed by atoms with E-state index in [9.17, 15) is 4.79 Å². The number of benzene rings is 1. The maximum atomic E-state index is 11.2. The van der Waals surface area contributed by atoms with Gasteiger partial charge in [0.1, 0.15) is 5.75 Å². The number of carboxylic acid groups (broad SMARTS) is 1. The summed E-state index contributed by atoms with van der Waals surface area (Å²) in [6, 6.07) is 9.33. The van der Waals surface area contributed by atoms with E-state index in [1.165, 1.54) is 0 Å². The van der Waals surface area contributed by atoms with Crippen molar-refractivity contribution in [2.45, 2.75) is 20.8 Å². The number of nitrogens with zero attached hydrogens (tertiary/aromatic N) is 1. The molecule has 1 N–H and O–H groups in total. The van der Waals surface area contributed by atoms with Crippen LogP contribution in [0.2, 0.25) is 0 Å². The predicted molar refractivity (Wildman–Crippen MR) is 73.4 cm³/mol. The van der Waals surface area contributed by atoms with Crippen LogP contribution in [0.3, 0.4) is 0 Å². The molecule has 2 rings (SSSR count). The van der Waals surface area contributed by atoms with E-state index in [1.807, 2.05) is 49.6 Å². The summed E-state index contributed by atoms with van der Waals surface area (Å²) >= 11 is 0. The Morgan fingerprint density at radius 3 is 2.63 bits per heavy atom. The zero-order valence-corrected chi connectivity index (χ0v) is 11.3. The van der Waals surface area contributed by atoms with Gasteiger partial charge in [-0.25, -0.2) is 4.79 Å². The van der Waals surface area contributed by atoms with E-state index in [0.29, 0.717) is 12.2 Å². The number of hydrogen-bond donors (Lipinski definition) is 1. The average Bonchev–Trinajstić information content (AvgIpc) is 2.66. The Balaban J connectivity index is 2.52. The lowest BCUT2D eigenvalue weighted by Crippen LogP contribution is -2.03. The van der Waals surface area contributed by atoms with Crippen LogP contribution in [0.4, 0.5) is 0 Å². The summed E-state index contributed by atoms with van der Waals surface area (Å²) in [4.78, 5) is 11.2. The third-order valence-electron chi connectivity index (χ3n) is 3.05. The minimum Gasteiger partial charge on any atom is -0.494 e. The third-order valence-corrected chi connectivity index (χ3v) is 3.05. The Bertz CT molecular complexity index is 614. The van der Waals surface area contributed by atoms with Crippen molar-refractivity contribution >= 4 is 5.97 Å². The number of aryl methyl sites for hydroxylation is 1. The number of hydrogen-bond acceptors (Lipinski definition) is 2. The van der Waals surface area contributed by atoms with Crippen LogP contribution < -0.4 is 4.74 Å². The van der Waals surface area contributed by atoms with Crippen LogP contribution >= 0.6 is 0 Å². The van der Waals surface area contributed by atoms with Crippen LogP contribution in [0, 0.1) is 13.8 Å². The molecule has 0 aliphatic rings. The molecule has 0 saturated carbocycles. The molecule has 1 aromatic carbocycles. The molecule has 0 bridgehead atoms. The molecule has 2 aromatic rings. The fraction of sp³-hybridized carbons (Fsp3) is 0.267. The number of rotatable bonds is 4.